The van der Waals surface area contributed by atoms with E-state index >= 15 is 0 Å². The second-order valence-corrected chi connectivity index (χ2v) is 8.19. The summed E-state index contributed by atoms with van der Waals surface area (Å²) >= 11 is 12.7. The lowest BCUT2D eigenvalue weighted by Crippen LogP contribution is -2.47. The fourth-order valence-corrected chi connectivity index (χ4v) is 5.39. The van der Waals surface area contributed by atoms with Gasteiger partial charge in [0.05, 0.1) is 5.54 Å². The van der Waals surface area contributed by atoms with E-state index in [1.165, 1.54) is 47.8 Å². The third-order valence-electron chi connectivity index (χ3n) is 6.01. The number of hydrogen-bond donors (Lipinski definition) is 2. The Kier molecular flexibility index (Phi) is 3.63. The summed E-state index contributed by atoms with van der Waals surface area (Å²) in [6, 6.07) is 14.5. The van der Waals surface area contributed by atoms with Crippen molar-refractivity contribution in [3.05, 3.63) is 69.3 Å². The first kappa shape index (κ1) is 15.7. The van der Waals surface area contributed by atoms with Gasteiger partial charge in [0.15, 0.2) is 0 Å². The van der Waals surface area contributed by atoms with Crippen molar-refractivity contribution in [2.24, 2.45) is 0 Å². The molecule has 2 N–H and O–H groups in total. The average Bonchev–Trinajstić information content (AvgIpc) is 3.22. The minimum Gasteiger partial charge on any atom is -0.357 e. The van der Waals surface area contributed by atoms with Crippen LogP contribution in [0.3, 0.4) is 0 Å². The van der Waals surface area contributed by atoms with Gasteiger partial charge in [-0.1, -0.05) is 60.3 Å². The molecule has 1 atom stereocenters. The van der Waals surface area contributed by atoms with Gasteiger partial charge in [-0.15, -0.1) is 0 Å². The highest BCUT2D eigenvalue weighted by molar-refractivity contribution is 6.35. The van der Waals surface area contributed by atoms with Gasteiger partial charge in [0, 0.05) is 39.1 Å². The quantitative estimate of drug-likeness (QED) is 0.541. The SMILES string of the molecule is Clc1ccc(C2CNC3(CCCC3)c3[nH]c4ccccc4c32)c(Cl)c1. The normalized spacial score (nSPS) is 21.8. The second kappa shape index (κ2) is 5.77. The molecule has 0 saturated heterocycles. The van der Waals surface area contributed by atoms with E-state index in [4.69, 9.17) is 23.2 Å². The lowest BCUT2D eigenvalue weighted by molar-refractivity contribution is 0.306. The van der Waals surface area contributed by atoms with Crippen molar-refractivity contribution >= 4 is 34.1 Å². The molecule has 1 fully saturated rings. The topological polar surface area (TPSA) is 27.8 Å². The van der Waals surface area contributed by atoms with Crippen LogP contribution in [0.15, 0.2) is 42.5 Å². The van der Waals surface area contributed by atoms with Crippen LogP contribution < -0.4 is 5.32 Å². The van der Waals surface area contributed by atoms with Crippen molar-refractivity contribution in [3.8, 4) is 0 Å². The van der Waals surface area contributed by atoms with Crippen molar-refractivity contribution < 1.29 is 0 Å². The van der Waals surface area contributed by atoms with Crippen molar-refractivity contribution in [1.29, 1.82) is 0 Å². The van der Waals surface area contributed by atoms with E-state index in [2.05, 4.69) is 40.6 Å². The summed E-state index contributed by atoms with van der Waals surface area (Å²) in [5.74, 6) is 0.238. The predicted molar refractivity (Wildman–Crippen MR) is 105 cm³/mol. The Morgan fingerprint density at radius 1 is 1.00 bits per heavy atom. The zero-order valence-corrected chi connectivity index (χ0v) is 15.4. The lowest BCUT2D eigenvalue weighted by atomic mass is 9.78. The van der Waals surface area contributed by atoms with Crippen LogP contribution in [0.25, 0.3) is 10.9 Å². The first-order valence-electron chi connectivity index (χ1n) is 8.99. The fourth-order valence-electron chi connectivity index (χ4n) is 4.85. The zero-order chi connectivity index (χ0) is 17.0. The van der Waals surface area contributed by atoms with Gasteiger partial charge in [-0.2, -0.15) is 0 Å². The van der Waals surface area contributed by atoms with Crippen LogP contribution in [0.4, 0.5) is 0 Å². The maximum Gasteiger partial charge on any atom is 0.0590 e. The molecule has 0 bridgehead atoms. The van der Waals surface area contributed by atoms with Crippen molar-refractivity contribution in [2.75, 3.05) is 6.54 Å². The smallest absolute Gasteiger partial charge is 0.0590 e. The molecule has 2 aromatic carbocycles. The highest BCUT2D eigenvalue weighted by atomic mass is 35.5. The molecule has 25 heavy (non-hydrogen) atoms. The molecule has 1 unspecified atom stereocenters. The Bertz CT molecular complexity index is 954. The third-order valence-corrected chi connectivity index (χ3v) is 6.58. The summed E-state index contributed by atoms with van der Waals surface area (Å²) in [5.41, 5.74) is 5.26. The number of halogens is 2. The highest BCUT2D eigenvalue weighted by Crippen LogP contribution is 2.49. The number of aromatic nitrogens is 1. The summed E-state index contributed by atoms with van der Waals surface area (Å²) in [6.07, 6.45) is 4.98. The Labute approximate surface area is 157 Å². The van der Waals surface area contributed by atoms with E-state index in [1.54, 1.807) is 0 Å². The van der Waals surface area contributed by atoms with Crippen molar-refractivity contribution in [1.82, 2.24) is 10.3 Å². The first-order valence-corrected chi connectivity index (χ1v) is 9.75. The summed E-state index contributed by atoms with van der Waals surface area (Å²) in [7, 11) is 0. The summed E-state index contributed by atoms with van der Waals surface area (Å²) in [4.78, 5) is 3.75. The molecular weight excluding hydrogens is 351 g/mol. The van der Waals surface area contributed by atoms with Crippen LogP contribution in [0.1, 0.15) is 48.4 Å². The third kappa shape index (κ3) is 2.35. The number of nitrogens with one attached hydrogen (secondary N) is 2. The molecule has 4 heteroatoms. The van der Waals surface area contributed by atoms with E-state index in [9.17, 15) is 0 Å². The molecule has 1 spiro atoms. The molecule has 1 aliphatic carbocycles. The molecule has 2 nitrogen and oxygen atoms in total. The van der Waals surface area contributed by atoms with Gasteiger partial charge < -0.3 is 10.3 Å². The number of hydrogen-bond acceptors (Lipinski definition) is 1. The maximum atomic E-state index is 6.58. The second-order valence-electron chi connectivity index (χ2n) is 7.35. The van der Waals surface area contributed by atoms with E-state index in [0.29, 0.717) is 5.02 Å². The molecule has 2 aliphatic rings. The van der Waals surface area contributed by atoms with Gasteiger partial charge in [-0.05, 0) is 42.2 Å². The molecule has 5 rings (SSSR count). The molecule has 1 aromatic heterocycles. The molecular formula is C21H20Cl2N2. The average molecular weight is 371 g/mol. The highest BCUT2D eigenvalue weighted by Gasteiger charge is 2.44. The molecule has 128 valence electrons. The number of rotatable bonds is 1. The number of H-pyrrole nitrogens is 1. The summed E-state index contributed by atoms with van der Waals surface area (Å²) in [5, 5.41) is 6.63. The first-order chi connectivity index (χ1) is 12.2. The van der Waals surface area contributed by atoms with Gasteiger partial charge in [-0.3, -0.25) is 0 Å². The monoisotopic (exact) mass is 370 g/mol. The van der Waals surface area contributed by atoms with Gasteiger partial charge in [0.2, 0.25) is 0 Å². The van der Waals surface area contributed by atoms with Crippen molar-refractivity contribution in [2.45, 2.75) is 37.1 Å². The Hall–Kier alpha value is -1.48. The van der Waals surface area contributed by atoms with E-state index in [-0.39, 0.29) is 11.5 Å². The standard InChI is InChI=1S/C21H20Cl2N2/c22-13-7-8-14(17(23)11-13)16-12-24-21(9-3-4-10-21)20-19(16)15-5-1-2-6-18(15)25-20/h1-2,5-8,11,16,24-25H,3-4,9-10,12H2. The Morgan fingerprint density at radius 3 is 2.60 bits per heavy atom. The van der Waals surface area contributed by atoms with Crippen molar-refractivity contribution in [3.63, 3.8) is 0 Å². The Balaban J connectivity index is 1.75. The van der Waals surface area contributed by atoms with Crippen LogP contribution in [0.5, 0.6) is 0 Å². The van der Waals surface area contributed by atoms with Gasteiger partial charge in [0.1, 0.15) is 0 Å². The van der Waals surface area contributed by atoms with Crippen LogP contribution >= 0.6 is 23.2 Å². The van der Waals surface area contributed by atoms with Crippen LogP contribution in [0.2, 0.25) is 10.0 Å². The maximum absolute atomic E-state index is 6.58. The number of fused-ring (bicyclic) bond motifs is 4. The minimum absolute atomic E-state index is 0.101. The van der Waals surface area contributed by atoms with Crippen LogP contribution in [-0.2, 0) is 5.54 Å². The Morgan fingerprint density at radius 2 is 1.80 bits per heavy atom. The summed E-state index contributed by atoms with van der Waals surface area (Å²) in [6.45, 7) is 0.913. The predicted octanol–water partition coefficient (Wildman–Crippen LogP) is 5.98. The van der Waals surface area contributed by atoms with Gasteiger partial charge in [-0.25, -0.2) is 0 Å². The molecule has 1 saturated carbocycles. The molecule has 1 aliphatic heterocycles. The number of benzene rings is 2. The van der Waals surface area contributed by atoms with Gasteiger partial charge >= 0.3 is 0 Å². The van der Waals surface area contributed by atoms with Gasteiger partial charge in [0.25, 0.3) is 0 Å². The number of para-hydroxylation sites is 1. The number of aromatic amines is 1. The van der Waals surface area contributed by atoms with E-state index in [0.717, 1.165) is 17.1 Å². The molecule has 2 heterocycles. The minimum atomic E-state index is 0.101. The fraction of sp³-hybridized carbons (Fsp3) is 0.333. The largest absolute Gasteiger partial charge is 0.357 e. The van der Waals surface area contributed by atoms with Crippen LogP contribution in [0, 0.1) is 0 Å². The zero-order valence-electron chi connectivity index (χ0n) is 13.9. The summed E-state index contributed by atoms with van der Waals surface area (Å²) < 4.78 is 0. The van der Waals surface area contributed by atoms with Crippen LogP contribution in [-0.4, -0.2) is 11.5 Å². The molecule has 0 amide bonds. The lowest BCUT2D eigenvalue weighted by Gasteiger charge is -2.39. The van der Waals surface area contributed by atoms with E-state index < -0.39 is 0 Å². The van der Waals surface area contributed by atoms with E-state index in [1.807, 2.05) is 12.1 Å². The molecule has 0 radical (unpaired) electrons. The molecule has 3 aromatic rings.